The molecular formula is C25H30BN3O2+2. The summed E-state index contributed by atoms with van der Waals surface area (Å²) in [6.07, 6.45) is 7.93. The van der Waals surface area contributed by atoms with Gasteiger partial charge >= 0.3 is 6.71 Å². The van der Waals surface area contributed by atoms with E-state index in [0.717, 1.165) is 39.6 Å². The number of pyridine rings is 3. The van der Waals surface area contributed by atoms with E-state index in [2.05, 4.69) is 94.3 Å². The minimum absolute atomic E-state index is 0.0000926. The molecule has 5 nitrogen and oxygen atoms in total. The number of aromatic nitrogens is 3. The van der Waals surface area contributed by atoms with Gasteiger partial charge in [-0.25, -0.2) is 9.13 Å². The summed E-state index contributed by atoms with van der Waals surface area (Å²) in [5.74, 6) is 3.42. The molecule has 0 radical (unpaired) electrons. The lowest BCUT2D eigenvalue weighted by molar-refractivity contribution is -0.659. The van der Waals surface area contributed by atoms with Gasteiger partial charge in [-0.2, -0.15) is 0 Å². The topological polar surface area (TPSA) is 39.1 Å². The predicted octanol–water partition coefficient (Wildman–Crippen LogP) is 2.05. The molecule has 0 atom stereocenters. The normalized spacial score (nSPS) is 14.3. The second-order valence-corrected chi connectivity index (χ2v) is 10.8. The lowest BCUT2D eigenvalue weighted by Crippen LogP contribution is -2.73. The van der Waals surface area contributed by atoms with E-state index in [0.29, 0.717) is 0 Å². The second-order valence-electron chi connectivity index (χ2n) is 10.8. The molecule has 6 heteroatoms. The molecule has 2 aliphatic heterocycles. The molecule has 5 heterocycles. The highest BCUT2D eigenvalue weighted by atomic mass is 16.5. The molecule has 31 heavy (non-hydrogen) atoms. The highest BCUT2D eigenvalue weighted by molar-refractivity contribution is 6.96. The lowest BCUT2D eigenvalue weighted by atomic mass is 9.37. The van der Waals surface area contributed by atoms with Gasteiger partial charge in [-0.3, -0.25) is 4.98 Å². The van der Waals surface area contributed by atoms with Gasteiger partial charge in [0, 0.05) is 28.7 Å². The molecule has 0 bridgehead atoms. The minimum atomic E-state index is -0.0513. The van der Waals surface area contributed by atoms with E-state index in [1.54, 1.807) is 0 Å². The molecule has 3 aromatic rings. The van der Waals surface area contributed by atoms with Gasteiger partial charge in [0.25, 0.3) is 0 Å². The second kappa shape index (κ2) is 6.31. The van der Waals surface area contributed by atoms with Crippen LogP contribution in [0.15, 0.2) is 36.9 Å². The Hall–Kier alpha value is -2.89. The molecular weight excluding hydrogens is 385 g/mol. The van der Waals surface area contributed by atoms with Crippen LogP contribution in [0.2, 0.25) is 0 Å². The Labute approximate surface area is 184 Å². The number of hydrogen-bond donors (Lipinski definition) is 0. The molecule has 0 spiro atoms. The summed E-state index contributed by atoms with van der Waals surface area (Å²) in [5, 5.41) is 0. The molecule has 158 valence electrons. The van der Waals surface area contributed by atoms with Gasteiger partial charge in [0.2, 0.25) is 0 Å². The summed E-state index contributed by atoms with van der Waals surface area (Å²) < 4.78 is 17.5. The highest BCUT2D eigenvalue weighted by Crippen LogP contribution is 2.39. The first kappa shape index (κ1) is 20.0. The fourth-order valence-corrected chi connectivity index (χ4v) is 4.85. The average molecular weight is 415 g/mol. The van der Waals surface area contributed by atoms with Crippen molar-refractivity contribution in [1.82, 2.24) is 4.98 Å². The Morgan fingerprint density at radius 1 is 0.742 bits per heavy atom. The van der Waals surface area contributed by atoms with Crippen LogP contribution in [-0.2, 0) is 24.9 Å². The molecule has 2 aliphatic rings. The van der Waals surface area contributed by atoms with E-state index in [-0.39, 0.29) is 17.5 Å². The molecule has 5 rings (SSSR count). The Balaban J connectivity index is 1.90. The smallest absolute Gasteiger partial charge is 0.423 e. The van der Waals surface area contributed by atoms with E-state index in [4.69, 9.17) is 9.47 Å². The molecule has 0 N–H and O–H groups in total. The Morgan fingerprint density at radius 3 is 1.55 bits per heavy atom. The lowest BCUT2D eigenvalue weighted by Gasteiger charge is -2.33. The van der Waals surface area contributed by atoms with Crippen molar-refractivity contribution in [2.75, 3.05) is 0 Å². The van der Waals surface area contributed by atoms with E-state index in [1.807, 2.05) is 12.4 Å². The standard InChI is InChI=1S/C25H30BN3O2/c1-24(2,3)15-9-11-28(7)22-20(15)30-17-13-27-14-18-19(17)26(22)23-21(31-18)16(25(4,5)6)10-12-29(23)8/h9-14H,1-8H3/q+2. The Kier molecular flexibility index (Phi) is 4.08. The molecule has 0 amide bonds. The maximum atomic E-state index is 6.54. The average Bonchev–Trinajstić information content (AvgIpc) is 2.66. The van der Waals surface area contributed by atoms with Crippen LogP contribution >= 0.6 is 0 Å². The number of nitrogens with zero attached hydrogens (tertiary/aromatic N) is 3. The van der Waals surface area contributed by atoms with Crippen molar-refractivity contribution in [2.24, 2.45) is 14.1 Å². The maximum Gasteiger partial charge on any atom is 0.423 e. The van der Waals surface area contributed by atoms with Crippen molar-refractivity contribution in [3.8, 4) is 23.0 Å². The summed E-state index contributed by atoms with van der Waals surface area (Å²) in [5.41, 5.74) is 5.64. The third-order valence-corrected chi connectivity index (χ3v) is 6.43. The van der Waals surface area contributed by atoms with Crippen molar-refractivity contribution in [3.63, 3.8) is 0 Å². The fraction of sp³-hybridized carbons (Fsp3) is 0.400. The third-order valence-electron chi connectivity index (χ3n) is 6.43. The zero-order valence-corrected chi connectivity index (χ0v) is 19.7. The largest absolute Gasteiger partial charge is 0.450 e. The zero-order chi connectivity index (χ0) is 22.3. The summed E-state index contributed by atoms with van der Waals surface area (Å²) >= 11 is 0. The molecule has 0 fully saturated rings. The highest BCUT2D eigenvalue weighted by Gasteiger charge is 2.53. The first-order chi connectivity index (χ1) is 14.5. The number of aryl methyl sites for hydroxylation is 2. The van der Waals surface area contributed by atoms with E-state index >= 15 is 0 Å². The molecule has 0 aromatic carbocycles. The van der Waals surface area contributed by atoms with Crippen LogP contribution in [0.25, 0.3) is 0 Å². The number of hydrogen-bond acceptors (Lipinski definition) is 3. The minimum Gasteiger partial charge on any atom is -0.450 e. The van der Waals surface area contributed by atoms with Gasteiger partial charge < -0.3 is 9.47 Å². The van der Waals surface area contributed by atoms with Gasteiger partial charge in [0.05, 0.1) is 12.4 Å². The monoisotopic (exact) mass is 415 g/mol. The van der Waals surface area contributed by atoms with Crippen LogP contribution in [0.4, 0.5) is 0 Å². The number of ether oxygens (including phenoxy) is 2. The van der Waals surface area contributed by atoms with Crippen molar-refractivity contribution < 1.29 is 18.6 Å². The molecule has 3 aromatic heterocycles. The molecule has 0 unspecified atom stereocenters. The number of rotatable bonds is 0. The first-order valence-electron chi connectivity index (χ1n) is 10.9. The summed E-state index contributed by atoms with van der Waals surface area (Å²) in [6, 6.07) is 4.35. The van der Waals surface area contributed by atoms with Crippen LogP contribution in [0, 0.1) is 0 Å². The molecule has 0 saturated heterocycles. The van der Waals surface area contributed by atoms with Gasteiger partial charge in [0.15, 0.2) is 35.1 Å². The van der Waals surface area contributed by atoms with Crippen LogP contribution in [-0.4, -0.2) is 11.7 Å². The van der Waals surface area contributed by atoms with Gasteiger partial charge in [-0.05, 0) is 10.8 Å². The van der Waals surface area contributed by atoms with E-state index in [1.165, 1.54) is 11.1 Å². The van der Waals surface area contributed by atoms with Crippen molar-refractivity contribution >= 4 is 23.4 Å². The summed E-state index contributed by atoms with van der Waals surface area (Å²) in [7, 11) is 4.20. The predicted molar refractivity (Wildman–Crippen MR) is 122 cm³/mol. The molecule has 0 saturated carbocycles. The Bertz CT molecular complexity index is 1150. The number of fused-ring (bicyclic) bond motifs is 4. The van der Waals surface area contributed by atoms with Gasteiger partial charge in [-0.15, -0.1) is 0 Å². The Morgan fingerprint density at radius 2 is 1.16 bits per heavy atom. The quantitative estimate of drug-likeness (QED) is 0.287. The summed E-state index contributed by atoms with van der Waals surface area (Å²) in [4.78, 5) is 4.45. The van der Waals surface area contributed by atoms with Crippen LogP contribution in [0.3, 0.4) is 0 Å². The van der Waals surface area contributed by atoms with Crippen LogP contribution in [0.5, 0.6) is 23.0 Å². The van der Waals surface area contributed by atoms with Gasteiger partial charge in [-0.1, -0.05) is 41.5 Å². The van der Waals surface area contributed by atoms with Gasteiger partial charge in [0.1, 0.15) is 25.6 Å². The van der Waals surface area contributed by atoms with Crippen molar-refractivity contribution in [1.29, 1.82) is 0 Å². The first-order valence-corrected chi connectivity index (χ1v) is 10.9. The van der Waals surface area contributed by atoms with Crippen molar-refractivity contribution in [3.05, 3.63) is 48.0 Å². The summed E-state index contributed by atoms with van der Waals surface area (Å²) in [6.45, 7) is 13.4. The third kappa shape index (κ3) is 2.88. The fourth-order valence-electron chi connectivity index (χ4n) is 4.85. The van der Waals surface area contributed by atoms with Crippen molar-refractivity contribution in [2.45, 2.75) is 52.4 Å². The molecule has 0 aliphatic carbocycles. The van der Waals surface area contributed by atoms with E-state index in [9.17, 15) is 0 Å². The zero-order valence-electron chi connectivity index (χ0n) is 19.7. The maximum absolute atomic E-state index is 6.54. The van der Waals surface area contributed by atoms with Crippen LogP contribution in [0.1, 0.15) is 52.7 Å². The van der Waals surface area contributed by atoms with E-state index < -0.39 is 0 Å². The SMILES string of the molecule is C[n+]1ccc(C(C)(C)C)c2c1B1c3c(cncc3Oc3c(C(C)(C)C)cc[n+](C)c31)O2. The van der Waals surface area contributed by atoms with Crippen LogP contribution < -0.4 is 35.3 Å².